The van der Waals surface area contributed by atoms with Gasteiger partial charge in [0.2, 0.25) is 11.6 Å². The summed E-state index contributed by atoms with van der Waals surface area (Å²) in [5.41, 5.74) is 1.14. The molecule has 0 atom stereocenters. The number of benzene rings is 4. The van der Waals surface area contributed by atoms with E-state index in [0.29, 0.717) is 22.3 Å². The molecule has 4 aromatic rings. The van der Waals surface area contributed by atoms with E-state index in [0.717, 1.165) is 24.3 Å². The number of aromatic hydroxyl groups is 4. The molecule has 0 fully saturated rings. The number of aromatic carboxylic acids is 2. The zero-order valence-electron chi connectivity index (χ0n) is 32.1. The van der Waals surface area contributed by atoms with E-state index < -0.39 is 81.0 Å². The lowest BCUT2D eigenvalue weighted by Crippen LogP contribution is -2.20. The Hall–Kier alpha value is -7.48. The molecule has 14 nitrogen and oxygen atoms in total. The summed E-state index contributed by atoms with van der Waals surface area (Å²) >= 11 is 0. The van der Waals surface area contributed by atoms with Crippen LogP contribution < -0.4 is 10.6 Å². The number of carbonyl (C=O) groups excluding carboxylic acids is 2. The van der Waals surface area contributed by atoms with E-state index in [9.17, 15) is 60.0 Å². The molecule has 0 saturated heterocycles. The highest BCUT2D eigenvalue weighted by Gasteiger charge is 2.38. The molecule has 58 heavy (non-hydrogen) atoms. The maximum atomic E-state index is 13.9. The molecule has 0 aromatic heterocycles. The normalized spacial score (nSPS) is 15.4. The van der Waals surface area contributed by atoms with Gasteiger partial charge in [0.15, 0.2) is 11.5 Å². The minimum atomic E-state index is -1.40. The van der Waals surface area contributed by atoms with Gasteiger partial charge in [0, 0.05) is 57.2 Å². The monoisotopic (exact) mass is 788 g/mol. The minimum absolute atomic E-state index is 0.0103. The molecule has 0 amide bonds. The molecule has 2 aliphatic carbocycles. The first-order valence-corrected chi connectivity index (χ1v) is 18.0. The van der Waals surface area contributed by atoms with Crippen molar-refractivity contribution in [2.45, 2.75) is 41.5 Å². The van der Waals surface area contributed by atoms with Crippen LogP contribution in [0.1, 0.15) is 81.8 Å². The third-order valence-corrected chi connectivity index (χ3v) is 10.2. The molecule has 10 N–H and O–H groups in total. The van der Waals surface area contributed by atoms with Crippen molar-refractivity contribution in [3.63, 3.8) is 0 Å². The van der Waals surface area contributed by atoms with Crippen LogP contribution in [0.15, 0.2) is 72.4 Å². The lowest BCUT2D eigenvalue weighted by molar-refractivity contribution is -0.113. The average Bonchev–Trinajstić information content (AvgIpc) is 3.14. The van der Waals surface area contributed by atoms with E-state index in [2.05, 4.69) is 10.6 Å². The molecule has 0 saturated carbocycles. The Morgan fingerprint density at radius 1 is 0.552 bits per heavy atom. The van der Waals surface area contributed by atoms with Gasteiger partial charge in [-0.2, -0.15) is 0 Å². The number of aryl methyl sites for hydroxylation is 2. The summed E-state index contributed by atoms with van der Waals surface area (Å²) in [6.07, 6.45) is 2.38. The van der Waals surface area contributed by atoms with Crippen LogP contribution in [0.2, 0.25) is 0 Å². The Morgan fingerprint density at radius 2 is 0.897 bits per heavy atom. The van der Waals surface area contributed by atoms with Crippen molar-refractivity contribution in [1.29, 1.82) is 0 Å². The summed E-state index contributed by atoms with van der Waals surface area (Å²) in [5, 5.41) is 91.8. The first-order valence-electron chi connectivity index (χ1n) is 18.0. The van der Waals surface area contributed by atoms with Gasteiger partial charge in [-0.3, -0.25) is 9.59 Å². The number of rotatable bonds is 9. The Labute approximate surface area is 331 Å². The maximum absolute atomic E-state index is 13.9. The van der Waals surface area contributed by atoms with Crippen LogP contribution in [-0.2, 0) is 9.59 Å². The quantitative estimate of drug-likeness (QED) is 0.0568. The number of hydrogen-bond donors (Lipinski definition) is 10. The average molecular weight is 789 g/mol. The number of carbonyl (C=O) groups is 4. The molecule has 14 heteroatoms. The first kappa shape index (κ1) is 40.2. The minimum Gasteiger partial charge on any atom is -0.507 e. The third-order valence-electron chi connectivity index (χ3n) is 10.2. The molecule has 0 unspecified atom stereocenters. The zero-order chi connectivity index (χ0) is 42.7. The van der Waals surface area contributed by atoms with E-state index in [1.165, 1.54) is 24.5 Å². The predicted molar refractivity (Wildman–Crippen MR) is 217 cm³/mol. The van der Waals surface area contributed by atoms with Gasteiger partial charge < -0.3 is 51.5 Å². The predicted octanol–water partition coefficient (Wildman–Crippen LogP) is 8.11. The maximum Gasteiger partial charge on any atom is 0.339 e. The number of phenols is 4. The van der Waals surface area contributed by atoms with E-state index in [1.54, 1.807) is 53.7 Å². The van der Waals surface area contributed by atoms with Crippen LogP contribution in [-0.4, -0.2) is 64.4 Å². The Morgan fingerprint density at radius 3 is 1.21 bits per heavy atom. The van der Waals surface area contributed by atoms with Crippen LogP contribution in [0.3, 0.4) is 0 Å². The zero-order valence-corrected chi connectivity index (χ0v) is 32.1. The number of carboxylic acids is 2. The molecule has 298 valence electrons. The molecule has 0 radical (unpaired) electrons. The summed E-state index contributed by atoms with van der Waals surface area (Å²) < 4.78 is 0. The molecule has 0 heterocycles. The number of fused-ring (bicyclic) bond motifs is 2. The number of carboxylic acid groups (broad SMARTS) is 2. The number of aliphatic hydroxyl groups excluding tert-OH is 2. The van der Waals surface area contributed by atoms with Gasteiger partial charge in [-0.25, -0.2) is 9.59 Å². The SMILES string of the molecule is Cc1cc2c(c(O)c1-c1c(C)cc3c(c1O)/C(=C\Nc1ccc(O)c(C(=O)O)c1)C(=O)C(O)=C3C(C)C)/C(=C\Nc1ccc(O)c(C(=O)O)c1)C(=O)C(O)=C2C(C)C. The van der Waals surface area contributed by atoms with Crippen LogP contribution in [0.4, 0.5) is 11.4 Å². The van der Waals surface area contributed by atoms with Crippen molar-refractivity contribution in [3.05, 3.63) is 117 Å². The highest BCUT2D eigenvalue weighted by molar-refractivity contribution is 6.35. The molecular weight excluding hydrogens is 748 g/mol. The lowest BCUT2D eigenvalue weighted by Gasteiger charge is -2.29. The number of hydrogen-bond acceptors (Lipinski definition) is 12. The number of anilines is 2. The highest BCUT2D eigenvalue weighted by atomic mass is 16.4. The largest absolute Gasteiger partial charge is 0.507 e. The fourth-order valence-electron chi connectivity index (χ4n) is 7.53. The van der Waals surface area contributed by atoms with E-state index in [-0.39, 0.29) is 55.9 Å². The van der Waals surface area contributed by atoms with Gasteiger partial charge in [0.1, 0.15) is 34.1 Å². The van der Waals surface area contributed by atoms with E-state index >= 15 is 0 Å². The van der Waals surface area contributed by atoms with Crippen molar-refractivity contribution in [2.24, 2.45) is 11.8 Å². The van der Waals surface area contributed by atoms with Gasteiger partial charge in [-0.1, -0.05) is 39.8 Å². The summed E-state index contributed by atoms with van der Waals surface area (Å²) in [6, 6.07) is 10.6. The number of allylic oxidation sites excluding steroid dienone is 4. The second-order valence-electron chi connectivity index (χ2n) is 14.7. The summed E-state index contributed by atoms with van der Waals surface area (Å²) in [6.45, 7) is 10.3. The second-order valence-corrected chi connectivity index (χ2v) is 14.7. The molecule has 2 aliphatic rings. The number of nitrogens with one attached hydrogen (secondary N) is 2. The molecular formula is C44H40N2O12. The molecule has 0 bridgehead atoms. The standard InChI is InChI=1S/C44H40N2O12/c1-17(2)31-25-11-19(5)33(39(51)35(25)27(37(49)41(31)53)15-45-21-7-9-29(47)23(13-21)43(55)56)34-20(6)12-26-32(18(3)4)42(54)38(50)28(36(26)40(34)52)16-46-22-8-10-30(48)24(14-22)44(57)58/h7-18,45-48,51-54H,1-6H3,(H,55,56)(H,57,58)/b27-15+,28-16+. The number of phenolic OH excluding ortho intramolecular Hbond substituents is 2. The van der Waals surface area contributed by atoms with Crippen molar-refractivity contribution in [1.82, 2.24) is 0 Å². The number of aliphatic hydroxyl groups is 2. The molecule has 4 aromatic carbocycles. The van der Waals surface area contributed by atoms with Gasteiger partial charge in [-0.15, -0.1) is 0 Å². The van der Waals surface area contributed by atoms with E-state index in [1.807, 2.05) is 0 Å². The topological polar surface area (TPSA) is 254 Å². The summed E-state index contributed by atoms with van der Waals surface area (Å²) in [7, 11) is 0. The van der Waals surface area contributed by atoms with Gasteiger partial charge >= 0.3 is 11.9 Å². The number of Topliss-reactive ketones (excluding diaryl/α,β-unsaturated/α-hetero) is 2. The Bertz CT molecular complexity index is 2460. The van der Waals surface area contributed by atoms with Crippen molar-refractivity contribution in [3.8, 4) is 34.1 Å². The van der Waals surface area contributed by atoms with Crippen molar-refractivity contribution < 1.29 is 60.0 Å². The molecule has 6 rings (SSSR count). The van der Waals surface area contributed by atoms with Crippen LogP contribution >= 0.6 is 0 Å². The fraction of sp³-hybridized carbons (Fsp3) is 0.182. The summed E-state index contributed by atoms with van der Waals surface area (Å²) in [4.78, 5) is 51.1. The first-order chi connectivity index (χ1) is 27.3. The molecule has 0 aliphatic heterocycles. The fourth-order valence-corrected chi connectivity index (χ4v) is 7.53. The third kappa shape index (κ3) is 6.63. The van der Waals surface area contributed by atoms with E-state index in [4.69, 9.17) is 0 Å². The van der Waals surface area contributed by atoms with Crippen molar-refractivity contribution in [2.75, 3.05) is 10.6 Å². The second kappa shape index (κ2) is 14.9. The van der Waals surface area contributed by atoms with Crippen molar-refractivity contribution >= 4 is 57.2 Å². The van der Waals surface area contributed by atoms with Gasteiger partial charge in [0.05, 0.1) is 11.1 Å². The Balaban J connectivity index is 1.61. The van der Waals surface area contributed by atoms with Crippen LogP contribution in [0, 0.1) is 25.7 Å². The van der Waals surface area contributed by atoms with Gasteiger partial charge in [-0.05, 0) is 84.3 Å². The van der Waals surface area contributed by atoms with Gasteiger partial charge in [0.25, 0.3) is 0 Å². The molecule has 0 spiro atoms. The van der Waals surface area contributed by atoms with Crippen LogP contribution in [0.25, 0.3) is 33.4 Å². The lowest BCUT2D eigenvalue weighted by atomic mass is 9.75. The highest BCUT2D eigenvalue weighted by Crippen LogP contribution is 2.53. The summed E-state index contributed by atoms with van der Waals surface area (Å²) in [5.74, 6) is -8.36. The Kier molecular flexibility index (Phi) is 10.3. The number of ketones is 2. The van der Waals surface area contributed by atoms with Crippen LogP contribution in [0.5, 0.6) is 23.0 Å². The smallest absolute Gasteiger partial charge is 0.339 e.